The van der Waals surface area contributed by atoms with Gasteiger partial charge in [0.25, 0.3) is 0 Å². The molecule has 0 bridgehead atoms. The first kappa shape index (κ1) is 19.7. The summed E-state index contributed by atoms with van der Waals surface area (Å²) in [4.78, 5) is 11.6. The number of aryl methyl sites for hydroxylation is 1. The van der Waals surface area contributed by atoms with Crippen LogP contribution in [0, 0.1) is 6.92 Å². The predicted molar refractivity (Wildman–Crippen MR) is 100 cm³/mol. The van der Waals surface area contributed by atoms with E-state index in [-0.39, 0.29) is 22.7 Å². The Balaban J connectivity index is 2.43. The molecule has 0 aromatic heterocycles. The van der Waals surface area contributed by atoms with Gasteiger partial charge in [-0.1, -0.05) is 23.7 Å². The minimum Gasteiger partial charge on any atom is -0.349 e. The van der Waals surface area contributed by atoms with Gasteiger partial charge >= 0.3 is 0 Å². The number of alkyl halides is 1. The largest absolute Gasteiger partial charge is 0.349 e. The smallest absolute Gasteiger partial charge is 0.238 e. The molecule has 25 heavy (non-hydrogen) atoms. The maximum Gasteiger partial charge on any atom is 0.238 e. The molecule has 2 aromatic carbocycles. The highest BCUT2D eigenvalue weighted by molar-refractivity contribution is 7.89. The summed E-state index contributed by atoms with van der Waals surface area (Å²) in [6.07, 6.45) is 0. The van der Waals surface area contributed by atoms with Crippen molar-refractivity contribution in [1.29, 1.82) is 0 Å². The van der Waals surface area contributed by atoms with Crippen molar-refractivity contribution in [2.75, 3.05) is 5.88 Å². The summed E-state index contributed by atoms with van der Waals surface area (Å²) in [5.41, 5.74) is 2.96. The van der Waals surface area contributed by atoms with Crippen molar-refractivity contribution in [2.45, 2.75) is 24.8 Å². The van der Waals surface area contributed by atoms with Crippen molar-refractivity contribution in [3.8, 4) is 11.1 Å². The molecule has 2 aromatic rings. The molecular weight excluding hydrogens is 383 g/mol. The summed E-state index contributed by atoms with van der Waals surface area (Å²) in [5, 5.41) is 8.47. The highest BCUT2D eigenvalue weighted by Crippen LogP contribution is 2.29. The third-order valence-corrected chi connectivity index (χ3v) is 5.27. The molecule has 0 heterocycles. The van der Waals surface area contributed by atoms with Gasteiger partial charge in [-0.25, -0.2) is 13.6 Å². The zero-order chi connectivity index (χ0) is 18.8. The lowest BCUT2D eigenvalue weighted by molar-refractivity contribution is -0.119. The predicted octanol–water partition coefficient (Wildman–Crippen LogP) is 3.38. The van der Waals surface area contributed by atoms with Crippen LogP contribution >= 0.6 is 23.2 Å². The summed E-state index contributed by atoms with van der Waals surface area (Å²) >= 11 is 11.7. The highest BCUT2D eigenvalue weighted by Gasteiger charge is 2.14. The molecule has 8 heteroatoms. The number of nitrogens with two attached hydrogens (primary N) is 1. The Morgan fingerprint density at radius 3 is 2.44 bits per heavy atom. The van der Waals surface area contributed by atoms with Gasteiger partial charge in [-0.05, 0) is 60.4 Å². The second kappa shape index (κ2) is 7.74. The van der Waals surface area contributed by atoms with E-state index >= 15 is 0 Å². The van der Waals surface area contributed by atoms with Gasteiger partial charge in [0.05, 0.1) is 10.9 Å². The van der Waals surface area contributed by atoms with Crippen molar-refractivity contribution in [2.24, 2.45) is 5.14 Å². The van der Waals surface area contributed by atoms with Crippen LogP contribution in [0.5, 0.6) is 0 Å². The fraction of sp³-hybridized carbons (Fsp3) is 0.235. The molecule has 0 saturated carbocycles. The van der Waals surface area contributed by atoms with E-state index in [0.29, 0.717) is 10.6 Å². The summed E-state index contributed by atoms with van der Waals surface area (Å²) in [7, 11) is -3.76. The Bertz CT molecular complexity index is 914. The normalized spacial score (nSPS) is 12.7. The van der Waals surface area contributed by atoms with Crippen LogP contribution in [0.2, 0.25) is 5.02 Å². The molecule has 0 aliphatic rings. The minimum absolute atomic E-state index is 0.0845. The lowest BCUT2D eigenvalue weighted by Crippen LogP contribution is -2.27. The van der Waals surface area contributed by atoms with E-state index in [1.165, 1.54) is 6.07 Å². The van der Waals surface area contributed by atoms with Crippen molar-refractivity contribution in [3.63, 3.8) is 0 Å². The van der Waals surface area contributed by atoms with Crippen molar-refractivity contribution in [3.05, 3.63) is 52.5 Å². The summed E-state index contributed by atoms with van der Waals surface area (Å²) in [6.45, 7) is 3.51. The van der Waals surface area contributed by atoms with Crippen molar-refractivity contribution < 1.29 is 13.2 Å². The highest BCUT2D eigenvalue weighted by atomic mass is 35.5. The number of rotatable bonds is 5. The number of benzene rings is 2. The number of hydrogen-bond acceptors (Lipinski definition) is 3. The molecule has 0 aliphatic heterocycles. The van der Waals surface area contributed by atoms with E-state index in [1.54, 1.807) is 31.2 Å². The SMILES string of the molecule is Cc1cc(-c2cc(Cl)cc(C(C)NC(=O)CCl)c2)ccc1S(N)(=O)=O. The van der Waals surface area contributed by atoms with Gasteiger partial charge in [0.15, 0.2) is 0 Å². The van der Waals surface area contributed by atoms with Gasteiger partial charge in [-0.2, -0.15) is 0 Å². The molecule has 0 aliphatic carbocycles. The minimum atomic E-state index is -3.76. The standard InChI is InChI=1S/C17H18Cl2N2O3S/c1-10-5-12(3-4-16(10)25(20,23)24)14-6-13(7-15(19)8-14)11(2)21-17(22)9-18/h3-8,11H,9H2,1-2H3,(H,21,22)(H2,20,23,24). The van der Waals surface area contributed by atoms with Gasteiger partial charge in [0.1, 0.15) is 5.88 Å². The number of sulfonamides is 1. The van der Waals surface area contributed by atoms with Crippen LogP contribution in [0.25, 0.3) is 11.1 Å². The van der Waals surface area contributed by atoms with Crippen LogP contribution < -0.4 is 10.5 Å². The first-order chi connectivity index (χ1) is 11.6. The molecular formula is C17H18Cl2N2O3S. The van der Waals surface area contributed by atoms with E-state index in [1.807, 2.05) is 13.0 Å². The molecule has 1 unspecified atom stereocenters. The van der Waals surface area contributed by atoms with Crippen molar-refractivity contribution in [1.82, 2.24) is 5.32 Å². The molecule has 0 fully saturated rings. The van der Waals surface area contributed by atoms with Crippen LogP contribution in [-0.2, 0) is 14.8 Å². The zero-order valence-corrected chi connectivity index (χ0v) is 16.0. The van der Waals surface area contributed by atoms with Crippen LogP contribution in [0.1, 0.15) is 24.1 Å². The molecule has 1 amide bonds. The molecule has 3 N–H and O–H groups in total. The maximum atomic E-state index is 11.5. The van der Waals surface area contributed by atoms with E-state index in [9.17, 15) is 13.2 Å². The van der Waals surface area contributed by atoms with Crippen molar-refractivity contribution >= 4 is 39.1 Å². The molecule has 2 rings (SSSR count). The number of nitrogens with one attached hydrogen (secondary N) is 1. The second-order valence-corrected chi connectivity index (χ2v) is 7.95. The Kier molecular flexibility index (Phi) is 6.11. The van der Waals surface area contributed by atoms with E-state index in [0.717, 1.165) is 16.7 Å². The number of carbonyl (C=O) groups is 1. The molecule has 134 valence electrons. The first-order valence-electron chi connectivity index (χ1n) is 7.41. The quantitative estimate of drug-likeness (QED) is 0.753. The van der Waals surface area contributed by atoms with Gasteiger partial charge in [-0.15, -0.1) is 11.6 Å². The van der Waals surface area contributed by atoms with Crippen LogP contribution in [0.15, 0.2) is 41.3 Å². The number of hydrogen-bond donors (Lipinski definition) is 2. The molecule has 0 radical (unpaired) electrons. The zero-order valence-electron chi connectivity index (χ0n) is 13.7. The Morgan fingerprint density at radius 2 is 1.88 bits per heavy atom. The average molecular weight is 401 g/mol. The summed E-state index contributed by atoms with van der Waals surface area (Å²) < 4.78 is 23.1. The van der Waals surface area contributed by atoms with Gasteiger partial charge < -0.3 is 5.32 Å². The van der Waals surface area contributed by atoms with Crippen LogP contribution in [-0.4, -0.2) is 20.2 Å². The molecule has 1 atom stereocenters. The third kappa shape index (κ3) is 4.95. The topological polar surface area (TPSA) is 89.3 Å². The average Bonchev–Trinajstić information content (AvgIpc) is 2.52. The fourth-order valence-corrected chi connectivity index (χ4v) is 3.63. The molecule has 0 spiro atoms. The van der Waals surface area contributed by atoms with E-state index in [4.69, 9.17) is 28.3 Å². The molecule has 0 saturated heterocycles. The van der Waals surface area contributed by atoms with Gasteiger partial charge in [-0.3, -0.25) is 4.79 Å². The summed E-state index contributed by atoms with van der Waals surface area (Å²) in [6, 6.07) is 10.0. The lowest BCUT2D eigenvalue weighted by atomic mass is 9.99. The van der Waals surface area contributed by atoms with E-state index in [2.05, 4.69) is 5.32 Å². The Hall–Kier alpha value is -1.60. The van der Waals surface area contributed by atoms with Gasteiger partial charge in [0.2, 0.25) is 15.9 Å². The maximum absolute atomic E-state index is 11.5. The number of amides is 1. The summed E-state index contributed by atoms with van der Waals surface area (Å²) in [5.74, 6) is -0.393. The molecule has 5 nitrogen and oxygen atoms in total. The number of primary sulfonamides is 1. The monoisotopic (exact) mass is 400 g/mol. The van der Waals surface area contributed by atoms with Gasteiger partial charge in [0, 0.05) is 5.02 Å². The number of halogens is 2. The number of carbonyl (C=O) groups excluding carboxylic acids is 1. The van der Waals surface area contributed by atoms with Crippen LogP contribution in [0.3, 0.4) is 0 Å². The first-order valence-corrected chi connectivity index (χ1v) is 9.87. The van der Waals surface area contributed by atoms with E-state index < -0.39 is 10.0 Å². The third-order valence-electron chi connectivity index (χ3n) is 3.73. The second-order valence-electron chi connectivity index (χ2n) is 5.72. The lowest BCUT2D eigenvalue weighted by Gasteiger charge is -2.16. The Morgan fingerprint density at radius 1 is 1.20 bits per heavy atom. The fourth-order valence-electron chi connectivity index (χ4n) is 2.54. The Labute approximate surface area is 157 Å². The van der Waals surface area contributed by atoms with Crippen LogP contribution in [0.4, 0.5) is 0 Å².